The zero-order valence-electron chi connectivity index (χ0n) is 27.2. The Bertz CT molecular complexity index is 1810. The molecule has 3 saturated heterocycles. The number of aromatic hydroxyl groups is 2. The Morgan fingerprint density at radius 1 is 0.698 bits per heavy atom. The van der Waals surface area contributed by atoms with Crippen LogP contribution < -0.4 is 19.6 Å². The summed E-state index contributed by atoms with van der Waals surface area (Å²) in [6.45, 7) is -3.57. The lowest BCUT2D eigenvalue weighted by molar-refractivity contribution is -0.279. The molecular formula is C32H38O21. The second-order valence-electron chi connectivity index (χ2n) is 12.7. The van der Waals surface area contributed by atoms with Gasteiger partial charge >= 0.3 is 0 Å². The molecule has 0 amide bonds. The van der Waals surface area contributed by atoms with Crippen LogP contribution in [-0.4, -0.2) is 172 Å². The van der Waals surface area contributed by atoms with Gasteiger partial charge in [0.25, 0.3) is 0 Å². The van der Waals surface area contributed by atoms with E-state index in [1.54, 1.807) is 0 Å². The third-order valence-corrected chi connectivity index (χ3v) is 9.15. The number of fused-ring (bicyclic) bond motifs is 1. The molecule has 0 saturated carbocycles. The molecule has 21 nitrogen and oxygen atoms in total. The molecule has 0 aliphatic carbocycles. The van der Waals surface area contributed by atoms with Gasteiger partial charge in [-0.3, -0.25) is 4.79 Å². The van der Waals surface area contributed by atoms with Crippen molar-refractivity contribution in [1.29, 1.82) is 0 Å². The second-order valence-corrected chi connectivity index (χ2v) is 12.7. The van der Waals surface area contributed by atoms with Crippen LogP contribution in [0.15, 0.2) is 39.5 Å². The Kier molecular flexibility index (Phi) is 11.0. The van der Waals surface area contributed by atoms with Crippen molar-refractivity contribution in [3.63, 3.8) is 0 Å². The van der Waals surface area contributed by atoms with Crippen LogP contribution in [0.4, 0.5) is 0 Å². The molecule has 2 aromatic carbocycles. The Labute approximate surface area is 296 Å². The first-order chi connectivity index (χ1) is 25.1. The molecule has 0 radical (unpaired) electrons. The van der Waals surface area contributed by atoms with Gasteiger partial charge < -0.3 is 99.2 Å². The maximum atomic E-state index is 13.8. The molecule has 0 spiro atoms. The quantitative estimate of drug-likeness (QED) is 0.0921. The minimum atomic E-state index is -2.31. The summed E-state index contributed by atoms with van der Waals surface area (Å²) >= 11 is 0. The van der Waals surface area contributed by atoms with Crippen molar-refractivity contribution >= 4 is 11.0 Å². The van der Waals surface area contributed by atoms with Gasteiger partial charge in [-0.1, -0.05) is 0 Å². The van der Waals surface area contributed by atoms with Crippen molar-refractivity contribution in [2.45, 2.75) is 79.4 Å². The highest BCUT2D eigenvalue weighted by atomic mass is 16.7. The number of benzene rings is 2. The summed E-state index contributed by atoms with van der Waals surface area (Å²) in [4.78, 5) is 13.8. The third kappa shape index (κ3) is 6.97. The van der Waals surface area contributed by atoms with Crippen LogP contribution in [-0.2, 0) is 14.2 Å². The number of hydrogen-bond acceptors (Lipinski definition) is 21. The number of phenolic OH excluding ortho intramolecular Hbond substituents is 2. The van der Waals surface area contributed by atoms with Gasteiger partial charge in [-0.25, -0.2) is 0 Å². The predicted octanol–water partition coefficient (Wildman–Crippen LogP) is -4.95. The highest BCUT2D eigenvalue weighted by molar-refractivity contribution is 5.95. The lowest BCUT2D eigenvalue weighted by Crippen LogP contribution is -2.60. The third-order valence-electron chi connectivity index (χ3n) is 9.15. The van der Waals surface area contributed by atoms with Gasteiger partial charge in [0.2, 0.25) is 36.1 Å². The fourth-order valence-electron chi connectivity index (χ4n) is 5.97. The summed E-state index contributed by atoms with van der Waals surface area (Å²) in [6, 6.07) is 6.13. The minimum absolute atomic E-state index is 0.148. The smallest absolute Gasteiger partial charge is 0.229 e. The van der Waals surface area contributed by atoms with Crippen LogP contribution in [0.1, 0.15) is 0 Å². The van der Waals surface area contributed by atoms with Crippen molar-refractivity contribution in [1.82, 2.24) is 0 Å². The molecule has 1 aromatic heterocycles. The van der Waals surface area contributed by atoms with Gasteiger partial charge in [-0.15, -0.1) is 0 Å². The number of aliphatic hydroxyl groups excluding tert-OH is 10. The Balaban J connectivity index is 1.60. The summed E-state index contributed by atoms with van der Waals surface area (Å²) in [5.74, 6) is -4.29. The van der Waals surface area contributed by atoms with Gasteiger partial charge in [0, 0.05) is 11.6 Å². The Morgan fingerprint density at radius 2 is 1.23 bits per heavy atom. The van der Waals surface area contributed by atoms with Crippen LogP contribution in [0.25, 0.3) is 22.3 Å². The van der Waals surface area contributed by atoms with Crippen LogP contribution in [0.3, 0.4) is 0 Å². The predicted molar refractivity (Wildman–Crippen MR) is 168 cm³/mol. The Morgan fingerprint density at radius 3 is 1.74 bits per heavy atom. The van der Waals surface area contributed by atoms with E-state index in [0.717, 1.165) is 6.07 Å². The van der Waals surface area contributed by atoms with Crippen LogP contribution in [0.5, 0.6) is 28.7 Å². The lowest BCUT2D eigenvalue weighted by atomic mass is 9.99. The highest BCUT2D eigenvalue weighted by Gasteiger charge is 2.52. The van der Waals surface area contributed by atoms with Crippen LogP contribution in [0, 0.1) is 0 Å². The van der Waals surface area contributed by atoms with Gasteiger partial charge in [-0.05, 0) is 24.3 Å². The molecule has 3 aliphatic heterocycles. The summed E-state index contributed by atoms with van der Waals surface area (Å²) in [5, 5.41) is 135. The van der Waals surface area contributed by atoms with Crippen molar-refractivity contribution < 1.29 is 99.2 Å². The monoisotopic (exact) mass is 758 g/mol. The van der Waals surface area contributed by atoms with E-state index in [1.165, 1.54) is 24.3 Å². The zero-order chi connectivity index (χ0) is 38.5. The maximum Gasteiger partial charge on any atom is 0.229 e. The number of aliphatic hydroxyl groups is 11. The second kappa shape index (κ2) is 15.1. The molecule has 0 bridgehead atoms. The van der Waals surface area contributed by atoms with Crippen molar-refractivity contribution in [2.24, 2.45) is 0 Å². The first-order valence-electron chi connectivity index (χ1n) is 16.0. The van der Waals surface area contributed by atoms with Gasteiger partial charge in [0.15, 0.2) is 16.8 Å². The van der Waals surface area contributed by atoms with Crippen molar-refractivity contribution in [3.8, 4) is 40.1 Å². The zero-order valence-corrected chi connectivity index (χ0v) is 27.2. The SMILES string of the molecule is O=c1cc(-c2ccc(O)cc2)oc2c(O[C@@H]3O[C@H](CO)[C@@H](O)[C@H](O)[C@H]3O)c(O[C@@H]3OC[C@](O)(CO)[C@H]3O)c(O[C@@H]3O[C@H](CO)[C@@H](O)[C@H](O)[C@H]3O)c(O)c12. The first kappa shape index (κ1) is 38.8. The maximum absolute atomic E-state index is 13.8. The van der Waals surface area contributed by atoms with Crippen LogP contribution in [0.2, 0.25) is 0 Å². The fraction of sp³-hybridized carbons (Fsp3) is 0.531. The van der Waals surface area contributed by atoms with E-state index in [2.05, 4.69) is 0 Å². The topological polar surface area (TPSA) is 349 Å². The molecular weight excluding hydrogens is 720 g/mol. The van der Waals surface area contributed by atoms with E-state index in [-0.39, 0.29) is 17.1 Å². The normalized spacial score (nSPS) is 36.1. The average Bonchev–Trinajstić information content (AvgIpc) is 3.43. The molecule has 6 rings (SSSR count). The van der Waals surface area contributed by atoms with E-state index in [9.17, 15) is 71.2 Å². The molecule has 3 aliphatic rings. The molecule has 53 heavy (non-hydrogen) atoms. The summed E-state index contributed by atoms with van der Waals surface area (Å²) in [6.07, 6.45) is -23.2. The summed E-state index contributed by atoms with van der Waals surface area (Å²) in [7, 11) is 0. The van der Waals surface area contributed by atoms with E-state index >= 15 is 0 Å². The van der Waals surface area contributed by atoms with E-state index in [1.807, 2.05) is 0 Å². The largest absolute Gasteiger partial charge is 0.508 e. The van der Waals surface area contributed by atoms with E-state index in [0.29, 0.717) is 0 Å². The molecule has 13 atom stereocenters. The van der Waals surface area contributed by atoms with Gasteiger partial charge in [0.05, 0.1) is 26.4 Å². The first-order valence-corrected chi connectivity index (χ1v) is 16.0. The molecule has 4 heterocycles. The van der Waals surface area contributed by atoms with E-state index in [4.69, 9.17) is 32.8 Å². The van der Waals surface area contributed by atoms with Crippen molar-refractivity contribution in [3.05, 3.63) is 40.6 Å². The average molecular weight is 759 g/mol. The van der Waals surface area contributed by atoms with Gasteiger partial charge in [0.1, 0.15) is 77.4 Å². The molecule has 292 valence electrons. The van der Waals surface area contributed by atoms with Crippen LogP contribution >= 0.6 is 0 Å². The lowest BCUT2D eigenvalue weighted by Gasteiger charge is -2.40. The highest BCUT2D eigenvalue weighted by Crippen LogP contribution is 2.53. The fourth-order valence-corrected chi connectivity index (χ4v) is 5.97. The molecule has 3 fully saturated rings. The number of rotatable bonds is 10. The number of ether oxygens (including phenoxy) is 6. The molecule has 0 unspecified atom stereocenters. The molecule has 13 N–H and O–H groups in total. The number of phenols is 2. The summed E-state index contributed by atoms with van der Waals surface area (Å²) in [5.41, 5.74) is -3.84. The summed E-state index contributed by atoms with van der Waals surface area (Å²) < 4.78 is 39.8. The molecule has 21 heteroatoms. The Hall–Kier alpha value is -3.91. The van der Waals surface area contributed by atoms with Gasteiger partial charge in [-0.2, -0.15) is 0 Å². The minimum Gasteiger partial charge on any atom is -0.508 e. The standard InChI is InChI=1S/C32H38O21/c33-6-14-17(38)20(41)22(43)29(49-14)51-25-19(40)16-12(37)5-13(10-1-3-11(36)4-2-10)48-24(16)26(27(25)53-31-28(45)32(46,8-35)9-47-31)52-30-23(44)21(42)18(39)15(7-34)50-30/h1-5,14-15,17-18,20-23,28-31,33-36,38-46H,6-9H2/t14-,15-,17-,18-,20+,21+,22-,23-,28+,29+,30+,31+,32-/m1/s1. The van der Waals surface area contributed by atoms with Crippen molar-refractivity contribution in [2.75, 3.05) is 26.4 Å². The number of hydrogen-bond donors (Lipinski definition) is 13. The molecule has 3 aromatic rings. The van der Waals surface area contributed by atoms with E-state index < -0.39 is 145 Å².